The number of fused-ring (bicyclic) bond motifs is 3. The van der Waals surface area contributed by atoms with E-state index in [2.05, 4.69) is 47.1 Å². The molecular formula is C24H36N6S. The average Bonchev–Trinajstić information content (AvgIpc) is 3.37. The third-order valence-electron chi connectivity index (χ3n) is 7.58. The predicted octanol–water partition coefficient (Wildman–Crippen LogP) is 3.57. The van der Waals surface area contributed by atoms with E-state index >= 15 is 0 Å². The molecule has 0 aromatic carbocycles. The van der Waals surface area contributed by atoms with E-state index in [0.717, 1.165) is 61.3 Å². The monoisotopic (exact) mass is 440 g/mol. The molecule has 2 fully saturated rings. The van der Waals surface area contributed by atoms with Crippen LogP contribution in [0.5, 0.6) is 0 Å². The third-order valence-corrected chi connectivity index (χ3v) is 7.81. The predicted molar refractivity (Wildman–Crippen MR) is 131 cm³/mol. The van der Waals surface area contributed by atoms with Crippen molar-refractivity contribution >= 4 is 29.1 Å². The molecule has 7 heteroatoms. The Kier molecular flexibility index (Phi) is 6.04. The van der Waals surface area contributed by atoms with Crippen molar-refractivity contribution in [2.45, 2.75) is 82.3 Å². The van der Waals surface area contributed by atoms with Crippen molar-refractivity contribution in [1.82, 2.24) is 20.6 Å². The maximum Gasteiger partial charge on any atom is 0.225 e. The topological polar surface area (TPSA) is 65.1 Å². The van der Waals surface area contributed by atoms with E-state index in [1.54, 1.807) is 0 Å². The average molecular weight is 441 g/mol. The van der Waals surface area contributed by atoms with Crippen LogP contribution in [0.3, 0.4) is 0 Å². The number of anilines is 2. The fourth-order valence-electron chi connectivity index (χ4n) is 5.92. The molecule has 1 aromatic rings. The Morgan fingerprint density at radius 2 is 1.74 bits per heavy atom. The van der Waals surface area contributed by atoms with Gasteiger partial charge in [0.15, 0.2) is 5.11 Å². The summed E-state index contributed by atoms with van der Waals surface area (Å²) in [6, 6.07) is 1.43. The van der Waals surface area contributed by atoms with Crippen LogP contribution in [0.4, 0.5) is 11.8 Å². The minimum atomic E-state index is 0.437. The lowest BCUT2D eigenvalue weighted by atomic mass is 9.91. The Labute approximate surface area is 191 Å². The Hall–Kier alpha value is -1.89. The minimum Gasteiger partial charge on any atom is -0.362 e. The van der Waals surface area contributed by atoms with Gasteiger partial charge in [-0.1, -0.05) is 12.2 Å². The van der Waals surface area contributed by atoms with Crippen LogP contribution in [0, 0.1) is 11.8 Å². The van der Waals surface area contributed by atoms with Crippen molar-refractivity contribution in [2.24, 2.45) is 11.8 Å². The summed E-state index contributed by atoms with van der Waals surface area (Å²) in [7, 11) is 4.17. The van der Waals surface area contributed by atoms with Gasteiger partial charge in [-0.25, -0.2) is 4.98 Å². The summed E-state index contributed by atoms with van der Waals surface area (Å²) in [4.78, 5) is 11.9. The van der Waals surface area contributed by atoms with Gasteiger partial charge in [0, 0.05) is 37.8 Å². The van der Waals surface area contributed by atoms with Crippen molar-refractivity contribution in [3.8, 4) is 0 Å². The first-order valence-electron chi connectivity index (χ1n) is 12.1. The molecule has 6 nitrogen and oxygen atoms in total. The molecule has 4 aliphatic rings. The van der Waals surface area contributed by atoms with E-state index in [4.69, 9.17) is 22.2 Å². The summed E-state index contributed by atoms with van der Waals surface area (Å²) in [5.41, 5.74) is 2.59. The molecule has 0 radical (unpaired) electrons. The van der Waals surface area contributed by atoms with Gasteiger partial charge in [-0.3, -0.25) is 0 Å². The van der Waals surface area contributed by atoms with E-state index in [0.29, 0.717) is 24.0 Å². The highest BCUT2D eigenvalue weighted by atomic mass is 32.1. The lowest BCUT2D eigenvalue weighted by Crippen LogP contribution is -2.48. The molecular weight excluding hydrogens is 404 g/mol. The molecule has 3 atom stereocenters. The molecule has 5 rings (SSSR count). The molecule has 4 aliphatic carbocycles. The number of rotatable bonds is 5. The molecule has 3 N–H and O–H groups in total. The van der Waals surface area contributed by atoms with Crippen molar-refractivity contribution in [3.63, 3.8) is 0 Å². The van der Waals surface area contributed by atoms with Crippen LogP contribution in [0.25, 0.3) is 0 Å². The summed E-state index contributed by atoms with van der Waals surface area (Å²) < 4.78 is 0. The van der Waals surface area contributed by atoms with Crippen molar-refractivity contribution in [2.75, 3.05) is 24.3 Å². The highest BCUT2D eigenvalue weighted by Gasteiger charge is 2.36. The first-order chi connectivity index (χ1) is 15.0. The summed E-state index contributed by atoms with van der Waals surface area (Å²) in [5.74, 6) is 3.34. The van der Waals surface area contributed by atoms with E-state index in [9.17, 15) is 0 Å². The fourth-order valence-corrected chi connectivity index (χ4v) is 6.23. The highest BCUT2D eigenvalue weighted by Crippen LogP contribution is 2.39. The van der Waals surface area contributed by atoms with E-state index in [1.165, 1.54) is 36.9 Å². The van der Waals surface area contributed by atoms with Crippen molar-refractivity contribution < 1.29 is 0 Å². The zero-order valence-corrected chi connectivity index (χ0v) is 19.7. The largest absolute Gasteiger partial charge is 0.362 e. The number of hydrogen-bond donors (Lipinski definition) is 3. The zero-order valence-electron chi connectivity index (χ0n) is 18.9. The molecule has 3 unspecified atom stereocenters. The van der Waals surface area contributed by atoms with Crippen LogP contribution < -0.4 is 20.9 Å². The Morgan fingerprint density at radius 1 is 0.968 bits per heavy atom. The second-order valence-corrected chi connectivity index (χ2v) is 10.5. The van der Waals surface area contributed by atoms with E-state index < -0.39 is 0 Å². The van der Waals surface area contributed by atoms with Gasteiger partial charge in [0.1, 0.15) is 5.82 Å². The number of hydrogen-bond acceptors (Lipinski definition) is 5. The van der Waals surface area contributed by atoms with Crippen LogP contribution in [0.1, 0.15) is 62.6 Å². The Bertz CT molecular complexity index is 845. The second-order valence-electron chi connectivity index (χ2n) is 10.1. The minimum absolute atomic E-state index is 0.437. The van der Waals surface area contributed by atoms with Gasteiger partial charge >= 0.3 is 0 Å². The summed E-state index contributed by atoms with van der Waals surface area (Å²) in [6.07, 6.45) is 16.4. The van der Waals surface area contributed by atoms with Crippen molar-refractivity contribution in [3.05, 3.63) is 23.4 Å². The maximum atomic E-state index is 5.63. The number of aromatic nitrogens is 2. The molecule has 2 bridgehead atoms. The van der Waals surface area contributed by atoms with Gasteiger partial charge in [0.2, 0.25) is 5.95 Å². The molecule has 2 saturated carbocycles. The SMILES string of the molecule is CN(C)c1nc(N[C@H]2CC[C@@H](NC(=S)NC3CC4C=CC3C4)CC2)nc2c1CCCC2. The van der Waals surface area contributed by atoms with Gasteiger partial charge in [0.25, 0.3) is 0 Å². The van der Waals surface area contributed by atoms with Gasteiger partial charge < -0.3 is 20.9 Å². The quantitative estimate of drug-likeness (QED) is 0.478. The Morgan fingerprint density at radius 3 is 2.45 bits per heavy atom. The number of allylic oxidation sites excluding steroid dienone is 1. The molecule has 1 aromatic heterocycles. The molecule has 1 heterocycles. The zero-order chi connectivity index (χ0) is 21.4. The first kappa shape index (κ1) is 21.0. The van der Waals surface area contributed by atoms with Crippen LogP contribution in [-0.2, 0) is 12.8 Å². The van der Waals surface area contributed by atoms with Gasteiger partial charge in [-0.15, -0.1) is 0 Å². The van der Waals surface area contributed by atoms with Crippen LogP contribution in [0.2, 0.25) is 0 Å². The maximum absolute atomic E-state index is 5.63. The van der Waals surface area contributed by atoms with Crippen LogP contribution >= 0.6 is 12.2 Å². The molecule has 168 valence electrons. The van der Waals surface area contributed by atoms with Gasteiger partial charge in [-0.2, -0.15) is 4.98 Å². The van der Waals surface area contributed by atoms with E-state index in [-0.39, 0.29) is 0 Å². The molecule has 0 spiro atoms. The molecule has 0 aliphatic heterocycles. The van der Waals surface area contributed by atoms with Gasteiger partial charge in [-0.05, 0) is 88.3 Å². The smallest absolute Gasteiger partial charge is 0.225 e. The van der Waals surface area contributed by atoms with E-state index in [1.807, 2.05) is 0 Å². The summed E-state index contributed by atoms with van der Waals surface area (Å²) >= 11 is 5.63. The third kappa shape index (κ3) is 4.66. The van der Waals surface area contributed by atoms with Crippen molar-refractivity contribution in [1.29, 1.82) is 0 Å². The lowest BCUT2D eigenvalue weighted by Gasteiger charge is -2.32. The molecule has 0 amide bonds. The van der Waals surface area contributed by atoms with Gasteiger partial charge in [0.05, 0.1) is 5.69 Å². The highest BCUT2D eigenvalue weighted by molar-refractivity contribution is 7.80. The van der Waals surface area contributed by atoms with Crippen LogP contribution in [0.15, 0.2) is 12.2 Å². The normalized spacial score (nSPS) is 31.2. The summed E-state index contributed by atoms with van der Waals surface area (Å²) in [6.45, 7) is 0. The standard InChI is InChI=1S/C24H36N6S/c1-30(2)22-19-5-3-4-6-20(19)27-23(29-22)25-17-9-11-18(12-10-17)26-24(31)28-21-14-15-7-8-16(21)13-15/h7-8,15-18,21H,3-6,9-14H2,1-2H3,(H,25,27,29)(H2,26,28,31)/t15?,16?,17-,18+,21?. The second kappa shape index (κ2) is 8.93. The van der Waals surface area contributed by atoms with Crippen LogP contribution in [-0.4, -0.2) is 47.3 Å². The number of nitrogens with zero attached hydrogens (tertiary/aromatic N) is 3. The Balaban J connectivity index is 1.12. The fraction of sp³-hybridized carbons (Fsp3) is 0.708. The number of nitrogens with one attached hydrogen (secondary N) is 3. The number of aryl methyl sites for hydroxylation is 1. The molecule has 31 heavy (non-hydrogen) atoms. The summed E-state index contributed by atoms with van der Waals surface area (Å²) in [5, 5.41) is 11.7. The first-order valence-corrected chi connectivity index (χ1v) is 12.5. The molecule has 0 saturated heterocycles. The lowest BCUT2D eigenvalue weighted by molar-refractivity contribution is 0.382. The number of thiocarbonyl (C=S) groups is 1.